The van der Waals surface area contributed by atoms with Crippen molar-refractivity contribution in [3.8, 4) is 5.88 Å². The number of nitrogens with one attached hydrogen (secondary N) is 1. The number of methoxy groups -OCH3 is 1. The monoisotopic (exact) mass is 356 g/mol. The Morgan fingerprint density at radius 1 is 1.38 bits per heavy atom. The van der Waals surface area contributed by atoms with Crippen molar-refractivity contribution in [3.05, 3.63) is 35.9 Å². The number of nitrogens with zero attached hydrogens (tertiary/aromatic N) is 3. The van der Waals surface area contributed by atoms with Crippen LogP contribution in [-0.4, -0.2) is 54.7 Å². The summed E-state index contributed by atoms with van der Waals surface area (Å²) in [6.45, 7) is 2.99. The number of likely N-dealkylation sites (tertiary alicyclic amines) is 1. The molecule has 2 heterocycles. The van der Waals surface area contributed by atoms with Gasteiger partial charge in [0.05, 0.1) is 24.8 Å². The molecule has 2 atom stereocenters. The Kier molecular flexibility index (Phi) is 5.61. The van der Waals surface area contributed by atoms with Crippen molar-refractivity contribution in [3.63, 3.8) is 0 Å². The van der Waals surface area contributed by atoms with E-state index in [2.05, 4.69) is 22.2 Å². The SMILES string of the molecule is COc1nc2ccccc2cc1C(C)NC(=O)N(C)C1CCCCN1C. The topological polar surface area (TPSA) is 57.7 Å². The zero-order chi connectivity index (χ0) is 18.7. The van der Waals surface area contributed by atoms with Crippen LogP contribution in [0.25, 0.3) is 10.9 Å². The van der Waals surface area contributed by atoms with Crippen LogP contribution in [0.1, 0.15) is 37.8 Å². The minimum Gasteiger partial charge on any atom is -0.481 e. The molecule has 3 rings (SSSR count). The highest BCUT2D eigenvalue weighted by atomic mass is 16.5. The van der Waals surface area contributed by atoms with Crippen molar-refractivity contribution < 1.29 is 9.53 Å². The Labute approximate surface area is 155 Å². The fourth-order valence-corrected chi connectivity index (χ4v) is 3.64. The maximum Gasteiger partial charge on any atom is 0.318 e. The van der Waals surface area contributed by atoms with Crippen molar-refractivity contribution in [1.29, 1.82) is 0 Å². The number of benzene rings is 1. The highest BCUT2D eigenvalue weighted by Gasteiger charge is 2.27. The summed E-state index contributed by atoms with van der Waals surface area (Å²) in [7, 11) is 5.55. The quantitative estimate of drug-likeness (QED) is 0.912. The minimum atomic E-state index is -0.203. The number of pyridine rings is 1. The summed E-state index contributed by atoms with van der Waals surface area (Å²) in [5.41, 5.74) is 1.76. The molecule has 0 aliphatic carbocycles. The molecule has 6 nitrogen and oxygen atoms in total. The number of piperidine rings is 1. The van der Waals surface area contributed by atoms with E-state index in [1.165, 1.54) is 6.42 Å². The molecule has 1 fully saturated rings. The number of fused-ring (bicyclic) bond motifs is 1. The van der Waals surface area contributed by atoms with Gasteiger partial charge in [-0.1, -0.05) is 18.2 Å². The minimum absolute atomic E-state index is 0.0774. The lowest BCUT2D eigenvalue weighted by Crippen LogP contribution is -2.52. The third-order valence-electron chi connectivity index (χ3n) is 5.22. The molecule has 1 saturated heterocycles. The van der Waals surface area contributed by atoms with Crippen molar-refractivity contribution in [1.82, 2.24) is 20.1 Å². The highest BCUT2D eigenvalue weighted by Crippen LogP contribution is 2.27. The second-order valence-electron chi connectivity index (χ2n) is 7.02. The number of aromatic nitrogens is 1. The van der Waals surface area contributed by atoms with Crippen LogP contribution in [0.5, 0.6) is 5.88 Å². The average Bonchev–Trinajstić information content (AvgIpc) is 2.66. The third kappa shape index (κ3) is 3.75. The first-order valence-electron chi connectivity index (χ1n) is 9.18. The first-order chi connectivity index (χ1) is 12.5. The largest absolute Gasteiger partial charge is 0.481 e. The molecule has 2 aromatic rings. The van der Waals surface area contributed by atoms with E-state index in [-0.39, 0.29) is 18.2 Å². The molecule has 1 aliphatic rings. The molecule has 6 heteroatoms. The molecule has 1 aromatic carbocycles. The van der Waals surface area contributed by atoms with Crippen LogP contribution in [0.4, 0.5) is 4.79 Å². The van der Waals surface area contributed by atoms with E-state index in [1.54, 1.807) is 12.0 Å². The summed E-state index contributed by atoms with van der Waals surface area (Å²) < 4.78 is 5.47. The van der Waals surface area contributed by atoms with E-state index < -0.39 is 0 Å². The molecule has 0 bridgehead atoms. The van der Waals surface area contributed by atoms with Gasteiger partial charge >= 0.3 is 6.03 Å². The summed E-state index contributed by atoms with van der Waals surface area (Å²) in [6, 6.07) is 9.67. The van der Waals surface area contributed by atoms with Crippen LogP contribution in [0.2, 0.25) is 0 Å². The second-order valence-corrected chi connectivity index (χ2v) is 7.02. The Hall–Kier alpha value is -2.34. The lowest BCUT2D eigenvalue weighted by atomic mass is 10.1. The predicted octanol–water partition coefficient (Wildman–Crippen LogP) is 3.39. The van der Waals surface area contributed by atoms with E-state index in [4.69, 9.17) is 4.74 Å². The van der Waals surface area contributed by atoms with Crippen molar-refractivity contribution in [2.75, 3.05) is 27.7 Å². The maximum atomic E-state index is 12.8. The highest BCUT2D eigenvalue weighted by molar-refractivity contribution is 5.81. The fourth-order valence-electron chi connectivity index (χ4n) is 3.64. The fraction of sp³-hybridized carbons (Fsp3) is 0.500. The van der Waals surface area contributed by atoms with Crippen molar-refractivity contribution >= 4 is 16.9 Å². The molecule has 2 unspecified atom stereocenters. The van der Waals surface area contributed by atoms with Gasteiger partial charge in [-0.05, 0) is 51.9 Å². The summed E-state index contributed by atoms with van der Waals surface area (Å²) >= 11 is 0. The number of hydrogen-bond donors (Lipinski definition) is 1. The van der Waals surface area contributed by atoms with E-state index in [1.807, 2.05) is 44.3 Å². The molecule has 140 valence electrons. The van der Waals surface area contributed by atoms with Gasteiger partial charge in [-0.2, -0.15) is 0 Å². The summed E-state index contributed by atoms with van der Waals surface area (Å²) in [6.07, 6.45) is 3.51. The lowest BCUT2D eigenvalue weighted by Gasteiger charge is -2.39. The Balaban J connectivity index is 1.77. The normalized spacial score (nSPS) is 19.2. The van der Waals surface area contributed by atoms with Crippen LogP contribution in [-0.2, 0) is 0 Å². The van der Waals surface area contributed by atoms with Gasteiger partial charge in [0, 0.05) is 18.0 Å². The molecule has 26 heavy (non-hydrogen) atoms. The predicted molar refractivity (Wildman–Crippen MR) is 103 cm³/mol. The molecule has 2 amide bonds. The molecule has 1 N–H and O–H groups in total. The maximum absolute atomic E-state index is 12.8. The standard InChI is InChI=1S/C20H28N4O2/c1-14(21-20(25)24(3)18-11-7-8-12-23(18)2)16-13-15-9-5-6-10-17(15)22-19(16)26-4/h5-6,9-10,13-14,18H,7-8,11-12H2,1-4H3,(H,21,25). The van der Waals surface area contributed by atoms with Gasteiger partial charge in [-0.15, -0.1) is 0 Å². The van der Waals surface area contributed by atoms with Gasteiger partial charge in [0.1, 0.15) is 0 Å². The average molecular weight is 356 g/mol. The van der Waals surface area contributed by atoms with Gasteiger partial charge in [0.25, 0.3) is 0 Å². The third-order valence-corrected chi connectivity index (χ3v) is 5.22. The van der Waals surface area contributed by atoms with Crippen molar-refractivity contribution in [2.45, 2.75) is 38.4 Å². The van der Waals surface area contributed by atoms with Crippen LogP contribution in [0.15, 0.2) is 30.3 Å². The Morgan fingerprint density at radius 2 is 2.15 bits per heavy atom. The van der Waals surface area contributed by atoms with Crippen LogP contribution in [0, 0.1) is 0 Å². The Morgan fingerprint density at radius 3 is 2.88 bits per heavy atom. The summed E-state index contributed by atoms with van der Waals surface area (Å²) in [5, 5.41) is 4.13. The molecule has 1 aromatic heterocycles. The number of carbonyl (C=O) groups excluding carboxylic acids is 1. The van der Waals surface area contributed by atoms with Gasteiger partial charge < -0.3 is 15.0 Å². The Bertz CT molecular complexity index is 779. The molecule has 1 aliphatic heterocycles. The zero-order valence-electron chi connectivity index (χ0n) is 16.0. The van der Waals surface area contributed by atoms with Gasteiger partial charge in [-0.25, -0.2) is 9.78 Å². The van der Waals surface area contributed by atoms with Crippen LogP contribution in [0.3, 0.4) is 0 Å². The number of urea groups is 1. The zero-order valence-corrected chi connectivity index (χ0v) is 16.0. The number of para-hydroxylation sites is 1. The molecular formula is C20H28N4O2. The summed E-state index contributed by atoms with van der Waals surface area (Å²) in [5.74, 6) is 0.550. The molecule has 0 spiro atoms. The molecule has 0 saturated carbocycles. The van der Waals surface area contributed by atoms with Gasteiger partial charge in [0.15, 0.2) is 0 Å². The first-order valence-corrected chi connectivity index (χ1v) is 9.18. The van der Waals surface area contributed by atoms with E-state index in [0.717, 1.165) is 35.9 Å². The summed E-state index contributed by atoms with van der Waals surface area (Å²) in [4.78, 5) is 21.4. The number of rotatable bonds is 4. The molecule has 0 radical (unpaired) electrons. The van der Waals surface area contributed by atoms with E-state index in [9.17, 15) is 4.79 Å². The van der Waals surface area contributed by atoms with Crippen molar-refractivity contribution in [2.24, 2.45) is 0 Å². The number of carbonyl (C=O) groups is 1. The lowest BCUT2D eigenvalue weighted by molar-refractivity contribution is 0.0697. The molecular weight excluding hydrogens is 328 g/mol. The second kappa shape index (κ2) is 7.91. The number of hydrogen-bond acceptors (Lipinski definition) is 4. The van der Waals surface area contributed by atoms with E-state index >= 15 is 0 Å². The van der Waals surface area contributed by atoms with Crippen LogP contribution < -0.4 is 10.1 Å². The number of ether oxygens (including phenoxy) is 1. The smallest absolute Gasteiger partial charge is 0.318 e. The van der Waals surface area contributed by atoms with Crippen LogP contribution >= 0.6 is 0 Å². The first kappa shape index (κ1) is 18.5. The number of amides is 2. The van der Waals surface area contributed by atoms with Gasteiger partial charge in [0.2, 0.25) is 5.88 Å². The van der Waals surface area contributed by atoms with Gasteiger partial charge in [-0.3, -0.25) is 4.90 Å². The van der Waals surface area contributed by atoms with E-state index in [0.29, 0.717) is 5.88 Å².